The van der Waals surface area contributed by atoms with Crippen LogP contribution in [-0.4, -0.2) is 111 Å². The summed E-state index contributed by atoms with van der Waals surface area (Å²) in [5.41, 5.74) is 0. The van der Waals surface area contributed by atoms with Gasteiger partial charge in [0.05, 0.1) is 13.2 Å². The average molecular weight is 395 g/mol. The first-order valence-corrected chi connectivity index (χ1v) is 10.8. The monoisotopic (exact) mass is 394 g/mol. The van der Waals surface area contributed by atoms with Crippen LogP contribution in [0.15, 0.2) is 4.99 Å². The number of nitrogens with zero attached hydrogens (tertiary/aromatic N) is 4. The molecule has 1 saturated carbocycles. The molecule has 2 unspecified atom stereocenters. The minimum absolute atomic E-state index is 0.0220. The Balaban J connectivity index is 1.46. The van der Waals surface area contributed by atoms with E-state index in [4.69, 9.17) is 4.74 Å². The molecule has 2 atom stereocenters. The molecule has 3 fully saturated rings. The van der Waals surface area contributed by atoms with Crippen LogP contribution in [0.2, 0.25) is 0 Å². The molecule has 2 aliphatic heterocycles. The lowest BCUT2D eigenvalue weighted by Crippen LogP contribution is -2.46. The van der Waals surface area contributed by atoms with E-state index in [9.17, 15) is 4.79 Å². The van der Waals surface area contributed by atoms with Crippen molar-refractivity contribution in [2.45, 2.75) is 50.7 Å². The van der Waals surface area contributed by atoms with Gasteiger partial charge in [0.1, 0.15) is 6.54 Å². The van der Waals surface area contributed by atoms with Gasteiger partial charge in [-0.05, 0) is 39.2 Å². The Kier molecular flexibility index (Phi) is 7.93. The molecular formula is C20H38N6O2. The van der Waals surface area contributed by atoms with Gasteiger partial charge in [0.25, 0.3) is 0 Å². The lowest BCUT2D eigenvalue weighted by molar-refractivity contribution is -0.127. The maximum atomic E-state index is 12.0. The van der Waals surface area contributed by atoms with Gasteiger partial charge in [-0.15, -0.1) is 0 Å². The number of morpholine rings is 1. The zero-order valence-electron chi connectivity index (χ0n) is 17.8. The number of aliphatic imine (C=N–C) groups is 1. The lowest BCUT2D eigenvalue weighted by atomic mass is 10.2. The molecule has 160 valence electrons. The molecule has 1 amide bonds. The summed E-state index contributed by atoms with van der Waals surface area (Å²) in [5.74, 6) is 0.792. The Morgan fingerprint density at radius 2 is 2.00 bits per heavy atom. The van der Waals surface area contributed by atoms with Gasteiger partial charge in [-0.1, -0.05) is 0 Å². The highest BCUT2D eigenvalue weighted by molar-refractivity contribution is 5.85. The third-order valence-electron chi connectivity index (χ3n) is 5.90. The van der Waals surface area contributed by atoms with Crippen LogP contribution < -0.4 is 10.6 Å². The fourth-order valence-electron chi connectivity index (χ4n) is 4.04. The van der Waals surface area contributed by atoms with Crippen molar-refractivity contribution in [2.75, 3.05) is 66.6 Å². The van der Waals surface area contributed by atoms with Gasteiger partial charge < -0.3 is 20.3 Å². The van der Waals surface area contributed by atoms with E-state index in [1.807, 2.05) is 0 Å². The van der Waals surface area contributed by atoms with Crippen LogP contribution in [-0.2, 0) is 9.53 Å². The minimum Gasteiger partial charge on any atom is -0.379 e. The average Bonchev–Trinajstić information content (AvgIpc) is 3.46. The first kappa shape index (κ1) is 21.3. The molecule has 0 aromatic heterocycles. The van der Waals surface area contributed by atoms with Crippen molar-refractivity contribution in [3.63, 3.8) is 0 Å². The first-order valence-electron chi connectivity index (χ1n) is 10.8. The van der Waals surface area contributed by atoms with E-state index in [-0.39, 0.29) is 12.5 Å². The second-order valence-electron chi connectivity index (χ2n) is 8.54. The highest BCUT2D eigenvalue weighted by atomic mass is 16.5. The summed E-state index contributed by atoms with van der Waals surface area (Å²) in [6, 6.07) is 1.81. The summed E-state index contributed by atoms with van der Waals surface area (Å²) < 4.78 is 5.40. The second kappa shape index (κ2) is 10.4. The number of hydrogen-bond acceptors (Lipinski definition) is 5. The molecular weight excluding hydrogens is 356 g/mol. The van der Waals surface area contributed by atoms with Gasteiger partial charge in [-0.3, -0.25) is 14.6 Å². The van der Waals surface area contributed by atoms with E-state index in [1.165, 1.54) is 12.8 Å². The van der Waals surface area contributed by atoms with Gasteiger partial charge in [0.15, 0.2) is 5.96 Å². The molecule has 2 saturated heterocycles. The van der Waals surface area contributed by atoms with Crippen molar-refractivity contribution in [3.8, 4) is 0 Å². The predicted molar refractivity (Wildman–Crippen MR) is 112 cm³/mol. The van der Waals surface area contributed by atoms with Crippen LogP contribution in [0.25, 0.3) is 0 Å². The van der Waals surface area contributed by atoms with Crippen LogP contribution >= 0.6 is 0 Å². The SMILES string of the molecule is CC1CC(NC(=NCC(=O)N(C)C)NCCCN2CCOCC2)CN1C1CC1. The van der Waals surface area contributed by atoms with Gasteiger partial charge in [-0.2, -0.15) is 0 Å². The Bertz CT molecular complexity index is 531. The van der Waals surface area contributed by atoms with E-state index in [2.05, 4.69) is 32.3 Å². The number of carbonyl (C=O) groups is 1. The number of rotatable bonds is 8. The van der Waals surface area contributed by atoms with Crippen molar-refractivity contribution < 1.29 is 9.53 Å². The molecule has 1 aliphatic carbocycles. The third kappa shape index (κ3) is 6.60. The standard InChI is InChI=1S/C20H38N6O2/c1-16-13-17(15-26(16)18-5-6-18)23-20(22-14-19(27)24(2)3)21-7-4-8-25-9-11-28-12-10-25/h16-18H,4-15H2,1-3H3,(H2,21,22,23). The summed E-state index contributed by atoms with van der Waals surface area (Å²) in [7, 11) is 3.54. The number of likely N-dealkylation sites (N-methyl/N-ethyl adjacent to an activating group) is 1. The fourth-order valence-corrected chi connectivity index (χ4v) is 4.04. The van der Waals surface area contributed by atoms with E-state index in [0.717, 1.165) is 70.8 Å². The number of ether oxygens (including phenoxy) is 1. The number of hydrogen-bond donors (Lipinski definition) is 2. The van der Waals surface area contributed by atoms with Crippen molar-refractivity contribution in [2.24, 2.45) is 4.99 Å². The highest BCUT2D eigenvalue weighted by Gasteiger charge is 2.38. The minimum atomic E-state index is 0.0220. The molecule has 3 aliphatic rings. The molecule has 0 aromatic carbocycles. The number of guanidine groups is 1. The van der Waals surface area contributed by atoms with Crippen LogP contribution in [0.1, 0.15) is 32.6 Å². The van der Waals surface area contributed by atoms with Gasteiger partial charge in [0.2, 0.25) is 5.91 Å². The Hall–Kier alpha value is -1.38. The Morgan fingerprint density at radius 1 is 1.25 bits per heavy atom. The summed E-state index contributed by atoms with van der Waals surface area (Å²) in [6.45, 7) is 9.22. The smallest absolute Gasteiger partial charge is 0.243 e. The Morgan fingerprint density at radius 3 is 2.68 bits per heavy atom. The second-order valence-corrected chi connectivity index (χ2v) is 8.54. The summed E-state index contributed by atoms with van der Waals surface area (Å²) in [4.78, 5) is 23.2. The van der Waals surface area contributed by atoms with Crippen molar-refractivity contribution in [1.29, 1.82) is 0 Å². The molecule has 3 rings (SSSR count). The zero-order valence-corrected chi connectivity index (χ0v) is 17.8. The maximum Gasteiger partial charge on any atom is 0.243 e. The first-order chi connectivity index (χ1) is 13.5. The van der Waals surface area contributed by atoms with E-state index >= 15 is 0 Å². The number of amides is 1. The van der Waals surface area contributed by atoms with Crippen LogP contribution in [0.5, 0.6) is 0 Å². The lowest BCUT2D eigenvalue weighted by Gasteiger charge is -2.26. The molecule has 0 bridgehead atoms. The quantitative estimate of drug-likeness (QED) is 0.342. The van der Waals surface area contributed by atoms with Gasteiger partial charge in [0, 0.05) is 58.4 Å². The zero-order chi connectivity index (χ0) is 19.9. The van der Waals surface area contributed by atoms with Gasteiger partial charge in [-0.25, -0.2) is 4.99 Å². The highest BCUT2D eigenvalue weighted by Crippen LogP contribution is 2.33. The van der Waals surface area contributed by atoms with Crippen LogP contribution in [0.4, 0.5) is 0 Å². The number of nitrogens with one attached hydrogen (secondary N) is 2. The largest absolute Gasteiger partial charge is 0.379 e. The van der Waals surface area contributed by atoms with E-state index < -0.39 is 0 Å². The molecule has 2 N–H and O–H groups in total. The molecule has 8 nitrogen and oxygen atoms in total. The topological polar surface area (TPSA) is 72.4 Å². The molecule has 0 spiro atoms. The molecule has 0 aromatic rings. The van der Waals surface area contributed by atoms with Crippen molar-refractivity contribution >= 4 is 11.9 Å². The Labute approximate surface area is 169 Å². The van der Waals surface area contributed by atoms with Crippen molar-refractivity contribution in [1.82, 2.24) is 25.3 Å². The van der Waals surface area contributed by atoms with Crippen LogP contribution in [0, 0.1) is 0 Å². The van der Waals surface area contributed by atoms with Gasteiger partial charge >= 0.3 is 0 Å². The summed E-state index contributed by atoms with van der Waals surface area (Å²) in [6.07, 6.45) is 4.87. The molecule has 0 radical (unpaired) electrons. The fraction of sp³-hybridized carbons (Fsp3) is 0.900. The predicted octanol–water partition coefficient (Wildman–Crippen LogP) is -0.0427. The number of carbonyl (C=O) groups excluding carboxylic acids is 1. The summed E-state index contributed by atoms with van der Waals surface area (Å²) in [5, 5.41) is 7.03. The third-order valence-corrected chi connectivity index (χ3v) is 5.90. The van der Waals surface area contributed by atoms with Crippen molar-refractivity contribution in [3.05, 3.63) is 0 Å². The maximum absolute atomic E-state index is 12.0. The van der Waals surface area contributed by atoms with E-state index in [1.54, 1.807) is 19.0 Å². The summed E-state index contributed by atoms with van der Waals surface area (Å²) >= 11 is 0. The normalized spacial score (nSPS) is 27.0. The molecule has 8 heteroatoms. The molecule has 2 heterocycles. The van der Waals surface area contributed by atoms with E-state index in [0.29, 0.717) is 12.1 Å². The van der Waals surface area contributed by atoms with Crippen LogP contribution in [0.3, 0.4) is 0 Å². The number of likely N-dealkylation sites (tertiary alicyclic amines) is 1. The molecule has 28 heavy (non-hydrogen) atoms.